The van der Waals surface area contributed by atoms with Crippen molar-refractivity contribution in [2.75, 3.05) is 25.6 Å². The lowest BCUT2D eigenvalue weighted by molar-refractivity contribution is -0.385. The third-order valence-corrected chi connectivity index (χ3v) is 3.77. The Kier molecular flexibility index (Phi) is 4.44. The van der Waals surface area contributed by atoms with Crippen LogP contribution >= 0.6 is 0 Å². The maximum atomic E-state index is 10.9. The summed E-state index contributed by atoms with van der Waals surface area (Å²) in [5.74, 6) is 0.294. The fraction of sp³-hybridized carbons (Fsp3) is 0.571. The lowest BCUT2D eigenvalue weighted by Gasteiger charge is -2.40. The van der Waals surface area contributed by atoms with E-state index < -0.39 is 4.92 Å². The predicted octanol–water partition coefficient (Wildman–Crippen LogP) is 2.97. The number of nitro benzene ring substituents is 1. The summed E-state index contributed by atoms with van der Waals surface area (Å²) in [6.07, 6.45) is 3.27. The summed E-state index contributed by atoms with van der Waals surface area (Å²) in [7, 11) is 1.72. The van der Waals surface area contributed by atoms with Crippen molar-refractivity contribution >= 4 is 11.4 Å². The van der Waals surface area contributed by atoms with Crippen LogP contribution in [0.3, 0.4) is 0 Å². The minimum atomic E-state index is -0.433. The number of benzene rings is 1. The average molecular weight is 280 g/mol. The van der Waals surface area contributed by atoms with Crippen LogP contribution in [0.4, 0.5) is 11.4 Å². The third kappa shape index (κ3) is 3.01. The molecule has 1 aromatic rings. The van der Waals surface area contributed by atoms with Crippen LogP contribution in [0.2, 0.25) is 0 Å². The van der Waals surface area contributed by atoms with Gasteiger partial charge in [0, 0.05) is 31.5 Å². The molecular weight excluding hydrogens is 260 g/mol. The van der Waals surface area contributed by atoms with Gasteiger partial charge >= 0.3 is 5.69 Å². The van der Waals surface area contributed by atoms with Crippen molar-refractivity contribution in [2.24, 2.45) is 0 Å². The number of anilines is 1. The van der Waals surface area contributed by atoms with E-state index in [-0.39, 0.29) is 11.3 Å². The van der Waals surface area contributed by atoms with E-state index in [2.05, 4.69) is 5.32 Å². The lowest BCUT2D eigenvalue weighted by atomic mass is 9.80. The molecule has 2 rings (SSSR count). The molecule has 6 nitrogen and oxygen atoms in total. The minimum Gasteiger partial charge on any atom is -0.487 e. The number of nitrogens with one attached hydrogen (secondary N) is 1. The first-order valence-corrected chi connectivity index (χ1v) is 6.80. The summed E-state index contributed by atoms with van der Waals surface area (Å²) in [5.41, 5.74) is 0.706. The fourth-order valence-electron chi connectivity index (χ4n) is 2.33. The van der Waals surface area contributed by atoms with Gasteiger partial charge in [-0.2, -0.15) is 0 Å². The van der Waals surface area contributed by atoms with Crippen molar-refractivity contribution in [3.05, 3.63) is 28.3 Å². The van der Waals surface area contributed by atoms with E-state index >= 15 is 0 Å². The molecule has 110 valence electrons. The quantitative estimate of drug-likeness (QED) is 0.614. The number of rotatable bonds is 7. The monoisotopic (exact) mass is 280 g/mol. The molecule has 6 heteroatoms. The Morgan fingerprint density at radius 3 is 2.70 bits per heavy atom. The lowest BCUT2D eigenvalue weighted by Crippen LogP contribution is -2.45. The van der Waals surface area contributed by atoms with Gasteiger partial charge in [0.25, 0.3) is 0 Å². The molecule has 1 aliphatic carbocycles. The molecule has 0 atom stereocenters. The first-order chi connectivity index (χ1) is 9.60. The number of ether oxygens (including phenoxy) is 2. The van der Waals surface area contributed by atoms with E-state index in [4.69, 9.17) is 9.47 Å². The van der Waals surface area contributed by atoms with Gasteiger partial charge in [-0.05, 0) is 32.3 Å². The Balaban J connectivity index is 2.08. The second-order valence-corrected chi connectivity index (χ2v) is 4.97. The first kappa shape index (κ1) is 14.6. The van der Waals surface area contributed by atoms with Crippen LogP contribution in [-0.2, 0) is 4.74 Å². The van der Waals surface area contributed by atoms with Crippen molar-refractivity contribution in [3.63, 3.8) is 0 Å². The van der Waals surface area contributed by atoms with Gasteiger partial charge in [0.1, 0.15) is 0 Å². The van der Waals surface area contributed by atoms with E-state index in [1.807, 2.05) is 0 Å². The number of nitrogens with zero attached hydrogens (tertiary/aromatic N) is 1. The fourth-order valence-corrected chi connectivity index (χ4v) is 2.33. The van der Waals surface area contributed by atoms with E-state index in [1.54, 1.807) is 26.2 Å². The highest BCUT2D eigenvalue weighted by Crippen LogP contribution is 2.36. The molecule has 0 radical (unpaired) electrons. The maximum Gasteiger partial charge on any atom is 0.311 e. The summed E-state index contributed by atoms with van der Waals surface area (Å²) in [5, 5.41) is 14.2. The summed E-state index contributed by atoms with van der Waals surface area (Å²) >= 11 is 0. The Morgan fingerprint density at radius 1 is 1.45 bits per heavy atom. The Bertz CT molecular complexity index is 481. The number of hydrogen-bond donors (Lipinski definition) is 1. The van der Waals surface area contributed by atoms with Crippen LogP contribution < -0.4 is 10.1 Å². The van der Waals surface area contributed by atoms with Crippen molar-refractivity contribution in [1.82, 2.24) is 0 Å². The summed E-state index contributed by atoms with van der Waals surface area (Å²) < 4.78 is 10.9. The molecule has 1 fully saturated rings. The molecular formula is C14H20N2O4. The smallest absolute Gasteiger partial charge is 0.311 e. The summed E-state index contributed by atoms with van der Waals surface area (Å²) in [6, 6.07) is 4.83. The molecule has 1 aromatic carbocycles. The topological polar surface area (TPSA) is 73.6 Å². The molecule has 0 aromatic heterocycles. The molecule has 0 aliphatic heterocycles. The molecule has 20 heavy (non-hydrogen) atoms. The van der Waals surface area contributed by atoms with E-state index in [9.17, 15) is 10.1 Å². The van der Waals surface area contributed by atoms with E-state index in [0.29, 0.717) is 18.9 Å². The molecule has 1 aliphatic rings. The molecule has 1 saturated carbocycles. The highest BCUT2D eigenvalue weighted by Gasteiger charge is 2.36. The number of methoxy groups -OCH3 is 1. The Labute approximate surface area is 118 Å². The van der Waals surface area contributed by atoms with E-state index in [0.717, 1.165) is 18.5 Å². The first-order valence-electron chi connectivity index (χ1n) is 6.80. The largest absolute Gasteiger partial charge is 0.487 e. The molecule has 0 amide bonds. The molecule has 0 saturated heterocycles. The molecule has 0 spiro atoms. The van der Waals surface area contributed by atoms with Gasteiger partial charge in [0.05, 0.1) is 17.1 Å². The van der Waals surface area contributed by atoms with Crippen LogP contribution in [-0.4, -0.2) is 30.8 Å². The molecule has 0 heterocycles. The van der Waals surface area contributed by atoms with Gasteiger partial charge < -0.3 is 14.8 Å². The average Bonchev–Trinajstić information content (AvgIpc) is 2.38. The van der Waals surface area contributed by atoms with Crippen molar-refractivity contribution < 1.29 is 14.4 Å². The molecule has 0 unspecified atom stereocenters. The SMILES string of the molecule is CCOc1cc(NCC2(OC)CCC2)ccc1[N+](=O)[O-]. The Morgan fingerprint density at radius 2 is 2.20 bits per heavy atom. The third-order valence-electron chi connectivity index (χ3n) is 3.77. The minimum absolute atomic E-state index is 0.0116. The van der Waals surface area contributed by atoms with Crippen LogP contribution in [0, 0.1) is 10.1 Å². The van der Waals surface area contributed by atoms with Gasteiger partial charge in [-0.15, -0.1) is 0 Å². The van der Waals surface area contributed by atoms with Crippen molar-refractivity contribution in [3.8, 4) is 5.75 Å². The number of hydrogen-bond acceptors (Lipinski definition) is 5. The van der Waals surface area contributed by atoms with E-state index in [1.165, 1.54) is 12.5 Å². The van der Waals surface area contributed by atoms with Gasteiger partial charge in [-0.25, -0.2) is 0 Å². The van der Waals surface area contributed by atoms with Crippen molar-refractivity contribution in [1.29, 1.82) is 0 Å². The predicted molar refractivity (Wildman–Crippen MR) is 76.3 cm³/mol. The second kappa shape index (κ2) is 6.09. The molecule has 0 bridgehead atoms. The highest BCUT2D eigenvalue weighted by molar-refractivity contribution is 5.58. The van der Waals surface area contributed by atoms with Gasteiger partial charge in [-0.1, -0.05) is 0 Å². The van der Waals surface area contributed by atoms with Crippen LogP contribution in [0.5, 0.6) is 5.75 Å². The van der Waals surface area contributed by atoms with Gasteiger partial charge in [-0.3, -0.25) is 10.1 Å². The zero-order valence-electron chi connectivity index (χ0n) is 11.8. The molecule has 1 N–H and O–H groups in total. The zero-order valence-corrected chi connectivity index (χ0v) is 11.8. The summed E-state index contributed by atoms with van der Waals surface area (Å²) in [6.45, 7) is 2.90. The van der Waals surface area contributed by atoms with Crippen LogP contribution in [0.1, 0.15) is 26.2 Å². The Hall–Kier alpha value is -1.82. The standard InChI is InChI=1S/C14H20N2O4/c1-3-20-13-9-11(5-6-12(13)16(17)18)15-10-14(19-2)7-4-8-14/h5-6,9,15H,3-4,7-8,10H2,1-2H3. The highest BCUT2D eigenvalue weighted by atomic mass is 16.6. The van der Waals surface area contributed by atoms with Crippen LogP contribution in [0.15, 0.2) is 18.2 Å². The van der Waals surface area contributed by atoms with Gasteiger partial charge in [0.15, 0.2) is 5.75 Å². The zero-order chi connectivity index (χ0) is 14.6. The van der Waals surface area contributed by atoms with Crippen LogP contribution in [0.25, 0.3) is 0 Å². The second-order valence-electron chi connectivity index (χ2n) is 4.97. The number of nitro groups is 1. The maximum absolute atomic E-state index is 10.9. The van der Waals surface area contributed by atoms with Gasteiger partial charge in [0.2, 0.25) is 0 Å². The normalized spacial score (nSPS) is 16.3. The summed E-state index contributed by atoms with van der Waals surface area (Å²) in [4.78, 5) is 10.5. The van der Waals surface area contributed by atoms with Crippen molar-refractivity contribution in [2.45, 2.75) is 31.8 Å².